The molecule has 0 radical (unpaired) electrons. The Hall–Kier alpha value is -2.52. The first kappa shape index (κ1) is 15.4. The Morgan fingerprint density at radius 3 is 2.26 bits per heavy atom. The third-order valence-electron chi connectivity index (χ3n) is 3.80. The van der Waals surface area contributed by atoms with Gasteiger partial charge in [0.05, 0.1) is 7.11 Å². The normalized spacial score (nSPS) is 13.5. The van der Waals surface area contributed by atoms with Crippen LogP contribution in [0.3, 0.4) is 0 Å². The summed E-state index contributed by atoms with van der Waals surface area (Å²) in [5.41, 5.74) is 1.06. The first-order chi connectivity index (χ1) is 11.1. The molecule has 3 nitrogen and oxygen atoms in total. The summed E-state index contributed by atoms with van der Waals surface area (Å²) in [6, 6.07) is 21.4. The molecule has 0 saturated carbocycles. The molecule has 0 heterocycles. The molecule has 0 aliphatic heterocycles. The predicted molar refractivity (Wildman–Crippen MR) is 91.9 cm³/mol. The van der Waals surface area contributed by atoms with Crippen molar-refractivity contribution < 1.29 is 14.6 Å². The van der Waals surface area contributed by atoms with Gasteiger partial charge in [-0.1, -0.05) is 42.5 Å². The number of ether oxygens (including phenoxy) is 2. The van der Waals surface area contributed by atoms with Crippen LogP contribution in [0.15, 0.2) is 66.7 Å². The van der Waals surface area contributed by atoms with Crippen molar-refractivity contribution in [1.82, 2.24) is 0 Å². The molecule has 0 spiro atoms. The summed E-state index contributed by atoms with van der Waals surface area (Å²) < 4.78 is 10.9. The van der Waals surface area contributed by atoms with Gasteiger partial charge in [-0.15, -0.1) is 0 Å². The molecule has 0 aliphatic rings. The highest BCUT2D eigenvalue weighted by Gasteiger charge is 2.24. The average Bonchev–Trinajstić information content (AvgIpc) is 2.55. The lowest BCUT2D eigenvalue weighted by atomic mass is 9.99. The minimum absolute atomic E-state index is 0.403. The molecular formula is C20H20O3. The quantitative estimate of drug-likeness (QED) is 0.719. The van der Waals surface area contributed by atoms with E-state index in [1.807, 2.05) is 36.4 Å². The van der Waals surface area contributed by atoms with E-state index < -0.39 is 5.79 Å². The molecule has 3 aromatic rings. The van der Waals surface area contributed by atoms with Crippen molar-refractivity contribution in [1.29, 1.82) is 0 Å². The lowest BCUT2D eigenvalue weighted by molar-refractivity contribution is -0.119. The number of hydrogen-bond donors (Lipinski definition) is 1. The minimum atomic E-state index is -1.29. The predicted octanol–water partition coefficient (Wildman–Crippen LogP) is 4.18. The molecule has 0 aromatic heterocycles. The van der Waals surface area contributed by atoms with Gasteiger partial charge in [0, 0.05) is 13.3 Å². The molecule has 1 N–H and O–H groups in total. The SMILES string of the molecule is COc1ccc(OC(C)(O)Cc2cccc3ccccc23)cc1. The van der Waals surface area contributed by atoms with E-state index in [0.717, 1.165) is 22.1 Å². The van der Waals surface area contributed by atoms with Crippen LogP contribution in [-0.4, -0.2) is 18.0 Å². The Kier molecular flexibility index (Phi) is 4.22. The zero-order chi connectivity index (χ0) is 16.3. The Bertz CT molecular complexity index is 786. The summed E-state index contributed by atoms with van der Waals surface area (Å²) in [4.78, 5) is 0. The van der Waals surface area contributed by atoms with E-state index in [1.54, 1.807) is 26.2 Å². The van der Waals surface area contributed by atoms with Gasteiger partial charge in [0.25, 0.3) is 0 Å². The van der Waals surface area contributed by atoms with Gasteiger partial charge in [-0.25, -0.2) is 0 Å². The first-order valence-corrected chi connectivity index (χ1v) is 7.59. The molecule has 23 heavy (non-hydrogen) atoms. The summed E-state index contributed by atoms with van der Waals surface area (Å²) in [5, 5.41) is 12.9. The molecule has 3 rings (SSSR count). The van der Waals surface area contributed by atoms with E-state index in [-0.39, 0.29) is 0 Å². The number of rotatable bonds is 5. The van der Waals surface area contributed by atoms with Crippen molar-refractivity contribution in [2.45, 2.75) is 19.1 Å². The molecule has 0 fully saturated rings. The number of fused-ring (bicyclic) bond motifs is 1. The fraction of sp³-hybridized carbons (Fsp3) is 0.200. The van der Waals surface area contributed by atoms with Gasteiger partial charge in [-0.05, 0) is 40.6 Å². The van der Waals surface area contributed by atoms with Gasteiger partial charge < -0.3 is 14.6 Å². The van der Waals surface area contributed by atoms with E-state index in [4.69, 9.17) is 9.47 Å². The van der Waals surface area contributed by atoms with Crippen molar-refractivity contribution >= 4 is 10.8 Å². The van der Waals surface area contributed by atoms with Crippen LogP contribution in [0, 0.1) is 0 Å². The van der Waals surface area contributed by atoms with Gasteiger partial charge in [0.15, 0.2) is 0 Å². The number of benzene rings is 3. The zero-order valence-electron chi connectivity index (χ0n) is 13.3. The van der Waals surface area contributed by atoms with Crippen LogP contribution in [0.1, 0.15) is 12.5 Å². The fourth-order valence-electron chi connectivity index (χ4n) is 2.73. The number of hydrogen-bond acceptors (Lipinski definition) is 3. The highest BCUT2D eigenvalue weighted by Crippen LogP contribution is 2.26. The second kappa shape index (κ2) is 6.31. The van der Waals surface area contributed by atoms with E-state index in [0.29, 0.717) is 12.2 Å². The number of aliphatic hydroxyl groups is 1. The average molecular weight is 308 g/mol. The Balaban J connectivity index is 1.81. The van der Waals surface area contributed by atoms with Crippen LogP contribution in [0.2, 0.25) is 0 Å². The van der Waals surface area contributed by atoms with Crippen LogP contribution in [0.4, 0.5) is 0 Å². The monoisotopic (exact) mass is 308 g/mol. The highest BCUT2D eigenvalue weighted by molar-refractivity contribution is 5.85. The molecule has 3 aromatic carbocycles. The Labute approximate surface area is 136 Å². The molecule has 1 unspecified atom stereocenters. The van der Waals surface area contributed by atoms with Crippen molar-refractivity contribution in [2.75, 3.05) is 7.11 Å². The van der Waals surface area contributed by atoms with Crippen LogP contribution in [0.5, 0.6) is 11.5 Å². The molecule has 0 bridgehead atoms. The van der Waals surface area contributed by atoms with E-state index in [9.17, 15) is 5.11 Å². The van der Waals surface area contributed by atoms with Gasteiger partial charge in [-0.3, -0.25) is 0 Å². The Morgan fingerprint density at radius 2 is 1.52 bits per heavy atom. The summed E-state index contributed by atoms with van der Waals surface area (Å²) >= 11 is 0. The van der Waals surface area contributed by atoms with Crippen LogP contribution < -0.4 is 9.47 Å². The molecule has 118 valence electrons. The maximum absolute atomic E-state index is 10.7. The zero-order valence-corrected chi connectivity index (χ0v) is 13.3. The summed E-state index contributed by atoms with van der Waals surface area (Å²) in [7, 11) is 1.62. The van der Waals surface area contributed by atoms with Gasteiger partial charge in [-0.2, -0.15) is 0 Å². The number of methoxy groups -OCH3 is 1. The van der Waals surface area contributed by atoms with Crippen LogP contribution in [-0.2, 0) is 6.42 Å². The molecule has 0 aliphatic carbocycles. The largest absolute Gasteiger partial charge is 0.497 e. The van der Waals surface area contributed by atoms with Crippen molar-refractivity contribution in [3.8, 4) is 11.5 Å². The second-order valence-corrected chi connectivity index (χ2v) is 5.77. The molecule has 3 heteroatoms. The highest BCUT2D eigenvalue weighted by atomic mass is 16.6. The van der Waals surface area contributed by atoms with Crippen LogP contribution in [0.25, 0.3) is 10.8 Å². The van der Waals surface area contributed by atoms with Crippen LogP contribution >= 0.6 is 0 Å². The lowest BCUT2D eigenvalue weighted by Crippen LogP contribution is -2.34. The van der Waals surface area contributed by atoms with Gasteiger partial charge >= 0.3 is 0 Å². The van der Waals surface area contributed by atoms with Crippen molar-refractivity contribution in [3.05, 3.63) is 72.3 Å². The third-order valence-corrected chi connectivity index (χ3v) is 3.80. The topological polar surface area (TPSA) is 38.7 Å². The maximum atomic E-state index is 10.7. The minimum Gasteiger partial charge on any atom is -0.497 e. The Morgan fingerprint density at radius 1 is 0.870 bits per heavy atom. The summed E-state index contributed by atoms with van der Waals surface area (Å²) in [6.45, 7) is 1.68. The van der Waals surface area contributed by atoms with Gasteiger partial charge in [0.1, 0.15) is 11.5 Å². The smallest absolute Gasteiger partial charge is 0.209 e. The maximum Gasteiger partial charge on any atom is 0.209 e. The van der Waals surface area contributed by atoms with E-state index >= 15 is 0 Å². The van der Waals surface area contributed by atoms with Gasteiger partial charge in [0.2, 0.25) is 5.79 Å². The first-order valence-electron chi connectivity index (χ1n) is 7.59. The van der Waals surface area contributed by atoms with Crippen molar-refractivity contribution in [2.24, 2.45) is 0 Å². The molecular weight excluding hydrogens is 288 g/mol. The molecule has 0 amide bonds. The summed E-state index contributed by atoms with van der Waals surface area (Å²) in [6.07, 6.45) is 0.403. The van der Waals surface area contributed by atoms with E-state index in [2.05, 4.69) is 18.2 Å². The molecule has 0 saturated heterocycles. The third kappa shape index (κ3) is 3.63. The summed E-state index contributed by atoms with van der Waals surface area (Å²) in [5.74, 6) is 0.0701. The fourth-order valence-corrected chi connectivity index (χ4v) is 2.73. The van der Waals surface area contributed by atoms with E-state index in [1.165, 1.54) is 0 Å². The lowest BCUT2D eigenvalue weighted by Gasteiger charge is -2.25. The van der Waals surface area contributed by atoms with Crippen molar-refractivity contribution in [3.63, 3.8) is 0 Å². The second-order valence-electron chi connectivity index (χ2n) is 5.77. The molecule has 1 atom stereocenters. The standard InChI is InChI=1S/C20H20O3/c1-20(21,23-18-12-10-17(22-2)11-13-18)14-16-8-5-7-15-6-3-4-9-19(15)16/h3-13,21H,14H2,1-2H3.